The monoisotopic (exact) mass is 444 g/mol. The van der Waals surface area contributed by atoms with Crippen LogP contribution in [0.1, 0.15) is 49.8 Å². The molecule has 0 spiro atoms. The van der Waals surface area contributed by atoms with E-state index in [-0.39, 0.29) is 17.4 Å². The van der Waals surface area contributed by atoms with E-state index < -0.39 is 11.5 Å². The van der Waals surface area contributed by atoms with Crippen molar-refractivity contribution in [3.63, 3.8) is 0 Å². The van der Waals surface area contributed by atoms with Gasteiger partial charge in [0.05, 0.1) is 17.4 Å². The average molecular weight is 445 g/mol. The Labute approximate surface area is 191 Å². The quantitative estimate of drug-likeness (QED) is 0.615. The highest BCUT2D eigenvalue weighted by molar-refractivity contribution is 5.97. The molecule has 2 aromatic heterocycles. The van der Waals surface area contributed by atoms with Gasteiger partial charge in [0.25, 0.3) is 5.91 Å². The zero-order valence-corrected chi connectivity index (χ0v) is 18.3. The van der Waals surface area contributed by atoms with E-state index in [4.69, 9.17) is 5.26 Å². The van der Waals surface area contributed by atoms with E-state index in [0.717, 1.165) is 42.1 Å². The minimum absolute atomic E-state index is 0.133. The third-order valence-electron chi connectivity index (χ3n) is 7.58. The third-order valence-corrected chi connectivity index (χ3v) is 7.58. The summed E-state index contributed by atoms with van der Waals surface area (Å²) in [6.07, 6.45) is 6.71. The molecule has 6 nitrogen and oxygen atoms in total. The molecule has 2 aliphatic carbocycles. The van der Waals surface area contributed by atoms with Crippen molar-refractivity contribution < 1.29 is 14.3 Å². The predicted octanol–water partition coefficient (Wildman–Crippen LogP) is 4.55. The molecule has 0 bridgehead atoms. The lowest BCUT2D eigenvalue weighted by Gasteiger charge is -2.30. The van der Waals surface area contributed by atoms with Crippen LogP contribution >= 0.6 is 0 Å². The summed E-state index contributed by atoms with van der Waals surface area (Å²) < 4.78 is 13.9. The van der Waals surface area contributed by atoms with Crippen LogP contribution in [-0.4, -0.2) is 26.6 Å². The number of anilines is 1. The van der Waals surface area contributed by atoms with E-state index in [9.17, 15) is 14.3 Å². The summed E-state index contributed by atoms with van der Waals surface area (Å²) in [4.78, 5) is 21.2. The number of rotatable bonds is 4. The van der Waals surface area contributed by atoms with E-state index in [0.29, 0.717) is 23.4 Å². The Morgan fingerprint density at radius 1 is 1.15 bits per heavy atom. The van der Waals surface area contributed by atoms with E-state index in [1.165, 1.54) is 18.3 Å². The van der Waals surface area contributed by atoms with Crippen molar-refractivity contribution in [2.75, 3.05) is 5.32 Å². The maximum absolute atomic E-state index is 13.9. The summed E-state index contributed by atoms with van der Waals surface area (Å²) in [6, 6.07) is 11.8. The van der Waals surface area contributed by atoms with Gasteiger partial charge in [0.2, 0.25) is 0 Å². The molecule has 2 N–H and O–H groups in total. The Morgan fingerprint density at radius 3 is 2.58 bits per heavy atom. The first-order valence-electron chi connectivity index (χ1n) is 11.3. The number of benzene rings is 1. The molecule has 7 heteroatoms. The van der Waals surface area contributed by atoms with Gasteiger partial charge in [-0.1, -0.05) is 0 Å². The van der Waals surface area contributed by atoms with E-state index in [1.807, 2.05) is 12.1 Å². The largest absolute Gasteiger partial charge is 0.380 e. The lowest BCUT2D eigenvalue weighted by atomic mass is 9.83. The molecule has 33 heavy (non-hydrogen) atoms. The molecule has 3 aromatic rings. The van der Waals surface area contributed by atoms with Gasteiger partial charge in [-0.15, -0.1) is 0 Å². The number of nitriles is 1. The van der Waals surface area contributed by atoms with Crippen LogP contribution in [0.15, 0.2) is 48.8 Å². The summed E-state index contributed by atoms with van der Waals surface area (Å²) in [7, 11) is 0. The molecule has 0 saturated heterocycles. The van der Waals surface area contributed by atoms with Crippen LogP contribution < -0.4 is 5.32 Å². The van der Waals surface area contributed by atoms with Gasteiger partial charge < -0.3 is 10.4 Å². The van der Waals surface area contributed by atoms with Gasteiger partial charge in [0, 0.05) is 11.6 Å². The smallest absolute Gasteiger partial charge is 0.256 e. The van der Waals surface area contributed by atoms with Crippen molar-refractivity contribution in [3.8, 4) is 6.07 Å². The molecule has 0 aliphatic heterocycles. The van der Waals surface area contributed by atoms with Crippen LogP contribution in [-0.2, 0) is 4.79 Å². The molecule has 168 valence electrons. The predicted molar refractivity (Wildman–Crippen MR) is 122 cm³/mol. The molecule has 2 aliphatic rings. The molecule has 5 rings (SSSR count). The Balaban J connectivity index is 1.27. The second-order valence-corrected chi connectivity index (χ2v) is 9.56. The summed E-state index contributed by atoms with van der Waals surface area (Å²) in [5, 5.41) is 23.6. The standard InChI is InChI=1S/C26H25FN4O2/c1-26(33,25(32)31-21-4-3-20(13-28)30-14-21)18-10-15-8-17(9-16(15)11-18)22-6-7-29-24-5-2-19(27)12-23(22)24/h2-7,12,14-18,33H,8-11H2,1H3,(H,31,32)/t15-,16+,17?,18+,26?. The second kappa shape index (κ2) is 8.20. The zero-order chi connectivity index (χ0) is 23.2. The minimum atomic E-state index is -1.50. The maximum atomic E-state index is 13.9. The number of fused-ring (bicyclic) bond motifs is 2. The Bertz CT molecular complexity index is 1240. The lowest BCUT2D eigenvalue weighted by Crippen LogP contribution is -2.46. The molecule has 1 aromatic carbocycles. The second-order valence-electron chi connectivity index (χ2n) is 9.56. The van der Waals surface area contributed by atoms with Crippen molar-refractivity contribution in [2.24, 2.45) is 17.8 Å². The average Bonchev–Trinajstić information content (AvgIpc) is 3.39. The number of aromatic nitrogens is 2. The number of amides is 1. The highest BCUT2D eigenvalue weighted by Crippen LogP contribution is 2.55. The molecule has 2 unspecified atom stereocenters. The van der Waals surface area contributed by atoms with Gasteiger partial charge >= 0.3 is 0 Å². The number of carbonyl (C=O) groups is 1. The fourth-order valence-electron chi connectivity index (χ4n) is 5.80. The lowest BCUT2D eigenvalue weighted by molar-refractivity contribution is -0.137. The van der Waals surface area contributed by atoms with Crippen LogP contribution in [0.5, 0.6) is 0 Å². The summed E-state index contributed by atoms with van der Waals surface area (Å²) in [6.45, 7) is 1.59. The summed E-state index contributed by atoms with van der Waals surface area (Å²) >= 11 is 0. The molecule has 2 saturated carbocycles. The summed E-state index contributed by atoms with van der Waals surface area (Å²) in [5.74, 6) is 0.337. The Hall–Kier alpha value is -3.37. The number of halogens is 1. The van der Waals surface area contributed by atoms with Crippen molar-refractivity contribution in [3.05, 3.63) is 65.9 Å². The molecular weight excluding hydrogens is 419 g/mol. The van der Waals surface area contributed by atoms with E-state index in [1.54, 1.807) is 31.3 Å². The van der Waals surface area contributed by atoms with Crippen LogP contribution in [0.3, 0.4) is 0 Å². The first-order chi connectivity index (χ1) is 15.8. The number of nitrogens with zero attached hydrogens (tertiary/aromatic N) is 3. The van der Waals surface area contributed by atoms with Gasteiger partial charge in [0.1, 0.15) is 23.2 Å². The number of pyridine rings is 2. The zero-order valence-electron chi connectivity index (χ0n) is 18.3. The van der Waals surface area contributed by atoms with Gasteiger partial charge in [-0.05, 0) is 98.2 Å². The minimum Gasteiger partial charge on any atom is -0.380 e. The van der Waals surface area contributed by atoms with Crippen LogP contribution in [0.2, 0.25) is 0 Å². The maximum Gasteiger partial charge on any atom is 0.256 e. The summed E-state index contributed by atoms with van der Waals surface area (Å²) in [5.41, 5.74) is 1.17. The highest BCUT2D eigenvalue weighted by atomic mass is 19.1. The fraction of sp³-hybridized carbons (Fsp3) is 0.385. The number of nitrogens with one attached hydrogen (secondary N) is 1. The van der Waals surface area contributed by atoms with E-state index in [2.05, 4.69) is 15.3 Å². The van der Waals surface area contributed by atoms with Gasteiger partial charge in [0.15, 0.2) is 0 Å². The van der Waals surface area contributed by atoms with E-state index >= 15 is 0 Å². The van der Waals surface area contributed by atoms with Crippen LogP contribution in [0, 0.1) is 34.9 Å². The van der Waals surface area contributed by atoms with Gasteiger partial charge in [-0.3, -0.25) is 9.78 Å². The third kappa shape index (κ3) is 3.96. The number of aliphatic hydroxyl groups is 1. The molecule has 5 atom stereocenters. The van der Waals surface area contributed by atoms with Crippen molar-refractivity contribution >= 4 is 22.5 Å². The van der Waals surface area contributed by atoms with Crippen LogP contribution in [0.4, 0.5) is 10.1 Å². The molecule has 2 fully saturated rings. The molecule has 0 radical (unpaired) electrons. The molecular formula is C26H25FN4O2. The Morgan fingerprint density at radius 2 is 1.91 bits per heavy atom. The number of hydrogen-bond acceptors (Lipinski definition) is 5. The van der Waals surface area contributed by atoms with Gasteiger partial charge in [-0.25, -0.2) is 9.37 Å². The van der Waals surface area contributed by atoms with Crippen molar-refractivity contribution in [1.82, 2.24) is 9.97 Å². The van der Waals surface area contributed by atoms with Gasteiger partial charge in [-0.2, -0.15) is 5.26 Å². The number of hydrogen-bond donors (Lipinski definition) is 2. The topological polar surface area (TPSA) is 98.9 Å². The number of carbonyl (C=O) groups excluding carboxylic acids is 1. The molecule has 2 heterocycles. The van der Waals surface area contributed by atoms with Crippen LogP contribution in [0.25, 0.3) is 10.9 Å². The molecule has 1 amide bonds. The fourth-order valence-corrected chi connectivity index (χ4v) is 5.80. The normalized spacial score (nSPS) is 25.9. The first-order valence-corrected chi connectivity index (χ1v) is 11.3. The van der Waals surface area contributed by atoms with Crippen molar-refractivity contribution in [1.29, 1.82) is 5.26 Å². The first kappa shape index (κ1) is 21.5. The van der Waals surface area contributed by atoms with Crippen molar-refractivity contribution in [2.45, 2.75) is 44.1 Å². The highest BCUT2D eigenvalue weighted by Gasteiger charge is 2.50. The SMILES string of the molecule is CC(O)(C(=O)Nc1ccc(C#N)nc1)[C@H]1C[C@H]2CC(c3ccnc4ccc(F)cc34)C[C@H]2C1. The Kier molecular flexibility index (Phi) is 5.34.